The van der Waals surface area contributed by atoms with Crippen LogP contribution in [0, 0.1) is 5.92 Å². The fourth-order valence-corrected chi connectivity index (χ4v) is 3.88. The van der Waals surface area contributed by atoms with Crippen LogP contribution in [-0.4, -0.2) is 42.6 Å². The van der Waals surface area contributed by atoms with E-state index in [1.807, 2.05) is 37.3 Å². The summed E-state index contributed by atoms with van der Waals surface area (Å²) in [4.78, 5) is 37.2. The van der Waals surface area contributed by atoms with E-state index in [0.29, 0.717) is 6.42 Å². The summed E-state index contributed by atoms with van der Waals surface area (Å²) in [5.74, 6) is -3.04. The van der Waals surface area contributed by atoms with Gasteiger partial charge >= 0.3 is 0 Å². The van der Waals surface area contributed by atoms with Crippen molar-refractivity contribution in [1.82, 2.24) is 5.32 Å². The molecule has 168 valence electrons. The van der Waals surface area contributed by atoms with E-state index >= 15 is 0 Å². The number of rotatable bonds is 12. The fraction of sp³-hybridized carbons (Fsp3) is 0.591. The molecule has 7 nitrogen and oxygen atoms in total. The number of amides is 2. The number of benzene rings is 1. The Kier molecular flexibility index (Phi) is 9.68. The second kappa shape index (κ2) is 11.2. The van der Waals surface area contributed by atoms with E-state index in [0.717, 1.165) is 18.4 Å². The van der Waals surface area contributed by atoms with Gasteiger partial charge < -0.3 is 11.1 Å². The highest BCUT2D eigenvalue weighted by Crippen LogP contribution is 2.19. The van der Waals surface area contributed by atoms with Gasteiger partial charge in [0.15, 0.2) is 9.84 Å². The predicted octanol–water partition coefficient (Wildman–Crippen LogP) is 2.18. The minimum absolute atomic E-state index is 0.227. The van der Waals surface area contributed by atoms with Gasteiger partial charge in [0.25, 0.3) is 0 Å². The van der Waals surface area contributed by atoms with E-state index in [2.05, 4.69) is 5.32 Å². The maximum atomic E-state index is 12.9. The van der Waals surface area contributed by atoms with Gasteiger partial charge in [0.05, 0.1) is 4.75 Å². The first-order valence-corrected chi connectivity index (χ1v) is 11.9. The minimum Gasteiger partial charge on any atom is -0.368 e. The van der Waals surface area contributed by atoms with Crippen molar-refractivity contribution >= 4 is 27.4 Å². The molecule has 30 heavy (non-hydrogen) atoms. The van der Waals surface area contributed by atoms with E-state index in [9.17, 15) is 22.8 Å². The average molecular weight is 439 g/mol. The van der Waals surface area contributed by atoms with Crippen LogP contribution in [0.15, 0.2) is 30.3 Å². The third kappa shape index (κ3) is 8.26. The fourth-order valence-electron chi connectivity index (χ4n) is 2.90. The van der Waals surface area contributed by atoms with E-state index < -0.39 is 49.9 Å². The lowest BCUT2D eigenvalue weighted by atomic mass is 9.93. The highest BCUT2D eigenvalue weighted by atomic mass is 32.2. The molecule has 0 heterocycles. The molecule has 2 atom stereocenters. The number of hydrogen-bond acceptors (Lipinski definition) is 5. The molecule has 0 saturated carbocycles. The number of unbranched alkanes of at least 4 members (excludes halogenated alkanes) is 1. The largest absolute Gasteiger partial charge is 0.368 e. The van der Waals surface area contributed by atoms with Crippen molar-refractivity contribution in [1.29, 1.82) is 0 Å². The van der Waals surface area contributed by atoms with E-state index in [1.54, 1.807) is 0 Å². The smallest absolute Gasteiger partial charge is 0.239 e. The van der Waals surface area contributed by atoms with Gasteiger partial charge in [-0.3, -0.25) is 14.4 Å². The Balaban J connectivity index is 3.00. The first-order valence-electron chi connectivity index (χ1n) is 10.2. The van der Waals surface area contributed by atoms with Crippen LogP contribution in [0.25, 0.3) is 0 Å². The standard InChI is InChI=1S/C22H34N2O5S/c1-5-6-12-19(20(23)26)24-21(27)17(13-16-10-8-7-9-11-16)14-18(25)15-30(28,29)22(2,3)4/h7-11,17,19H,5-6,12-15H2,1-4H3,(H2,23,26)(H,24,27). The van der Waals surface area contributed by atoms with E-state index in [4.69, 9.17) is 5.73 Å². The number of carbonyl (C=O) groups is 3. The van der Waals surface area contributed by atoms with Gasteiger partial charge in [0.1, 0.15) is 17.6 Å². The Morgan fingerprint density at radius 1 is 1.10 bits per heavy atom. The Morgan fingerprint density at radius 3 is 2.20 bits per heavy atom. The zero-order valence-corrected chi connectivity index (χ0v) is 19.1. The normalized spacial score (nSPS) is 14.0. The van der Waals surface area contributed by atoms with Gasteiger partial charge in [-0.1, -0.05) is 50.1 Å². The van der Waals surface area contributed by atoms with Crippen molar-refractivity contribution in [3.8, 4) is 0 Å². The maximum Gasteiger partial charge on any atom is 0.239 e. The third-order valence-electron chi connectivity index (χ3n) is 4.96. The molecule has 0 aliphatic rings. The molecule has 0 aromatic heterocycles. The van der Waals surface area contributed by atoms with Gasteiger partial charge in [-0.2, -0.15) is 0 Å². The molecule has 0 saturated heterocycles. The molecule has 2 unspecified atom stereocenters. The SMILES string of the molecule is CCCCC(NC(=O)C(CC(=O)CS(=O)(=O)C(C)(C)C)Cc1ccccc1)C(N)=O. The molecule has 0 aliphatic heterocycles. The molecule has 1 rings (SSSR count). The third-order valence-corrected chi connectivity index (χ3v) is 7.53. The Hall–Kier alpha value is -2.22. The van der Waals surface area contributed by atoms with Crippen molar-refractivity contribution in [3.05, 3.63) is 35.9 Å². The highest BCUT2D eigenvalue weighted by molar-refractivity contribution is 7.93. The molecule has 3 N–H and O–H groups in total. The molecule has 1 aromatic rings. The molecular weight excluding hydrogens is 404 g/mol. The van der Waals surface area contributed by atoms with E-state index in [-0.39, 0.29) is 12.8 Å². The molecule has 0 spiro atoms. The van der Waals surface area contributed by atoms with Crippen LogP contribution in [0.5, 0.6) is 0 Å². The predicted molar refractivity (Wildman–Crippen MR) is 117 cm³/mol. The van der Waals surface area contributed by atoms with Crippen LogP contribution < -0.4 is 11.1 Å². The van der Waals surface area contributed by atoms with Gasteiger partial charge in [-0.25, -0.2) is 8.42 Å². The average Bonchev–Trinajstić information content (AvgIpc) is 2.63. The zero-order chi connectivity index (χ0) is 22.9. The molecule has 0 bridgehead atoms. The molecule has 0 fully saturated rings. The minimum atomic E-state index is -3.65. The number of Topliss-reactive ketones (excluding diaryl/α,β-unsaturated/α-hetero) is 1. The molecular formula is C22H34N2O5S. The van der Waals surface area contributed by atoms with Crippen LogP contribution in [0.1, 0.15) is 58.9 Å². The Bertz CT molecular complexity index is 829. The number of nitrogens with two attached hydrogens (primary N) is 1. The lowest BCUT2D eigenvalue weighted by Crippen LogP contribution is -2.47. The van der Waals surface area contributed by atoms with E-state index in [1.165, 1.54) is 20.8 Å². The number of sulfone groups is 1. The number of ketones is 1. The quantitative estimate of drug-likeness (QED) is 0.518. The van der Waals surface area contributed by atoms with Crippen LogP contribution in [-0.2, 0) is 30.6 Å². The molecule has 8 heteroatoms. The highest BCUT2D eigenvalue weighted by Gasteiger charge is 2.33. The van der Waals surface area contributed by atoms with Gasteiger partial charge in [0, 0.05) is 12.3 Å². The van der Waals surface area contributed by atoms with Crippen LogP contribution >= 0.6 is 0 Å². The maximum absolute atomic E-state index is 12.9. The summed E-state index contributed by atoms with van der Waals surface area (Å²) in [6, 6.07) is 8.34. The molecule has 2 amide bonds. The van der Waals surface area contributed by atoms with Gasteiger partial charge in [-0.15, -0.1) is 0 Å². The van der Waals surface area contributed by atoms with Crippen molar-refractivity contribution in [2.24, 2.45) is 11.7 Å². The lowest BCUT2D eigenvalue weighted by molar-refractivity contribution is -0.131. The second-order valence-corrected chi connectivity index (χ2v) is 11.3. The molecule has 0 radical (unpaired) electrons. The van der Waals surface area contributed by atoms with Crippen LogP contribution in [0.3, 0.4) is 0 Å². The topological polar surface area (TPSA) is 123 Å². The second-order valence-electron chi connectivity index (χ2n) is 8.61. The number of hydrogen-bond donors (Lipinski definition) is 2. The zero-order valence-electron chi connectivity index (χ0n) is 18.3. The summed E-state index contributed by atoms with van der Waals surface area (Å²) in [6.07, 6.45) is 2.01. The summed E-state index contributed by atoms with van der Waals surface area (Å²) in [7, 11) is -3.65. The lowest BCUT2D eigenvalue weighted by Gasteiger charge is -2.22. The first kappa shape index (κ1) is 25.8. The summed E-state index contributed by atoms with van der Waals surface area (Å²) >= 11 is 0. The summed E-state index contributed by atoms with van der Waals surface area (Å²) in [5.41, 5.74) is 6.25. The number of primary amides is 1. The molecule has 1 aromatic carbocycles. The number of carbonyl (C=O) groups excluding carboxylic acids is 3. The summed E-state index contributed by atoms with van der Waals surface area (Å²) < 4.78 is 23.7. The van der Waals surface area contributed by atoms with Crippen molar-refractivity contribution in [3.63, 3.8) is 0 Å². The van der Waals surface area contributed by atoms with Gasteiger partial charge in [0.2, 0.25) is 11.8 Å². The van der Waals surface area contributed by atoms with Crippen molar-refractivity contribution < 1.29 is 22.8 Å². The van der Waals surface area contributed by atoms with Gasteiger partial charge in [-0.05, 0) is 39.2 Å². The van der Waals surface area contributed by atoms with Crippen LogP contribution in [0.4, 0.5) is 0 Å². The van der Waals surface area contributed by atoms with Crippen molar-refractivity contribution in [2.45, 2.75) is 70.6 Å². The molecule has 0 aliphatic carbocycles. The Labute approximate surface area is 179 Å². The van der Waals surface area contributed by atoms with Crippen molar-refractivity contribution in [2.75, 3.05) is 5.75 Å². The first-order chi connectivity index (χ1) is 13.9. The Morgan fingerprint density at radius 2 is 1.70 bits per heavy atom. The summed E-state index contributed by atoms with van der Waals surface area (Å²) in [5, 5.41) is 2.65. The monoisotopic (exact) mass is 438 g/mol. The number of nitrogens with one attached hydrogen (secondary N) is 1. The van der Waals surface area contributed by atoms with Crippen LogP contribution in [0.2, 0.25) is 0 Å². The summed E-state index contributed by atoms with van der Waals surface area (Å²) in [6.45, 7) is 6.57.